The predicted molar refractivity (Wildman–Crippen MR) is 91.6 cm³/mol. The quantitative estimate of drug-likeness (QED) is 0.706. The van der Waals surface area contributed by atoms with E-state index in [9.17, 15) is 10.2 Å². The highest BCUT2D eigenvalue weighted by Crippen LogP contribution is 2.13. The Hall–Kier alpha value is -0.240. The molecule has 2 aliphatic heterocycles. The minimum atomic E-state index is -0.317. The molecule has 2 fully saturated rings. The lowest BCUT2D eigenvalue weighted by Crippen LogP contribution is -2.56. The van der Waals surface area contributed by atoms with Gasteiger partial charge in [0.1, 0.15) is 0 Å². The van der Waals surface area contributed by atoms with E-state index in [0.717, 1.165) is 52.4 Å². The minimum absolute atomic E-state index is 0.245. The smallest absolute Gasteiger partial charge is 0.0793 e. The molecule has 5 unspecified atom stereocenters. The summed E-state index contributed by atoms with van der Waals surface area (Å²) in [5.41, 5.74) is 0. The molecule has 2 rings (SSSR count). The first-order valence-corrected chi connectivity index (χ1v) is 9.03. The number of rotatable bonds is 6. The number of nitrogens with zero attached hydrogens (tertiary/aromatic N) is 3. The molecular formula is C17H35N3O3. The summed E-state index contributed by atoms with van der Waals surface area (Å²) in [5.74, 6) is 0. The first-order valence-electron chi connectivity index (χ1n) is 9.03. The first-order chi connectivity index (χ1) is 10.8. The van der Waals surface area contributed by atoms with Gasteiger partial charge in [0.15, 0.2) is 0 Å². The van der Waals surface area contributed by atoms with Crippen LogP contribution in [-0.2, 0) is 4.74 Å². The lowest BCUT2D eigenvalue weighted by atomic mass is 10.1. The average molecular weight is 329 g/mol. The molecule has 23 heavy (non-hydrogen) atoms. The maximum absolute atomic E-state index is 10.4. The second kappa shape index (κ2) is 8.74. The number of aliphatic hydroxyl groups is 2. The number of morpholine rings is 1. The van der Waals surface area contributed by atoms with Crippen molar-refractivity contribution in [2.24, 2.45) is 0 Å². The minimum Gasteiger partial charge on any atom is -0.392 e. The molecule has 0 aromatic carbocycles. The third kappa shape index (κ3) is 6.29. The molecule has 0 spiro atoms. The van der Waals surface area contributed by atoms with Crippen molar-refractivity contribution in [2.45, 2.75) is 58.2 Å². The Morgan fingerprint density at radius 3 is 2.09 bits per heavy atom. The summed E-state index contributed by atoms with van der Waals surface area (Å²) >= 11 is 0. The molecule has 2 N–H and O–H groups in total. The molecule has 0 bridgehead atoms. The second-order valence-corrected chi connectivity index (χ2v) is 7.58. The molecule has 5 atom stereocenters. The van der Waals surface area contributed by atoms with E-state index in [4.69, 9.17) is 4.74 Å². The summed E-state index contributed by atoms with van der Waals surface area (Å²) in [4.78, 5) is 7.00. The van der Waals surface area contributed by atoms with E-state index in [1.54, 1.807) is 0 Å². The lowest BCUT2D eigenvalue weighted by Gasteiger charge is -2.42. The average Bonchev–Trinajstić information content (AvgIpc) is 2.40. The van der Waals surface area contributed by atoms with Crippen LogP contribution in [0.3, 0.4) is 0 Å². The van der Waals surface area contributed by atoms with Gasteiger partial charge in [-0.15, -0.1) is 0 Å². The van der Waals surface area contributed by atoms with Gasteiger partial charge in [-0.05, 0) is 27.7 Å². The zero-order valence-electron chi connectivity index (χ0n) is 15.2. The Balaban J connectivity index is 1.72. The van der Waals surface area contributed by atoms with Crippen LogP contribution in [0.5, 0.6) is 0 Å². The standard InChI is InChI=1S/C17H35N3O3/c1-13-7-18(5-6-20(13)8-14(2)21)11-17(22)12-19-9-15(3)23-16(4)10-19/h13-17,21-22H,5-12H2,1-4H3. The Morgan fingerprint density at radius 1 is 0.913 bits per heavy atom. The van der Waals surface area contributed by atoms with Crippen molar-refractivity contribution in [2.75, 3.05) is 52.4 Å². The molecule has 0 radical (unpaired) electrons. The number of aliphatic hydroxyl groups excluding tert-OH is 2. The van der Waals surface area contributed by atoms with E-state index < -0.39 is 0 Å². The van der Waals surface area contributed by atoms with Crippen molar-refractivity contribution in [1.29, 1.82) is 0 Å². The van der Waals surface area contributed by atoms with Crippen LogP contribution in [-0.4, -0.2) is 108 Å². The van der Waals surface area contributed by atoms with E-state index >= 15 is 0 Å². The molecule has 0 aromatic rings. The fourth-order valence-electron chi connectivity index (χ4n) is 3.93. The number of β-amino-alcohol motifs (C(OH)–C–C–N with tert-alkyl or cyclic N) is 2. The van der Waals surface area contributed by atoms with E-state index in [1.165, 1.54) is 0 Å². The number of piperazine rings is 1. The molecule has 2 heterocycles. The van der Waals surface area contributed by atoms with Crippen molar-refractivity contribution < 1.29 is 14.9 Å². The fourth-order valence-corrected chi connectivity index (χ4v) is 3.93. The second-order valence-electron chi connectivity index (χ2n) is 7.58. The van der Waals surface area contributed by atoms with Gasteiger partial charge in [-0.2, -0.15) is 0 Å². The van der Waals surface area contributed by atoms with Crippen LogP contribution in [0.15, 0.2) is 0 Å². The van der Waals surface area contributed by atoms with Crippen LogP contribution in [0.25, 0.3) is 0 Å². The van der Waals surface area contributed by atoms with E-state index in [1.807, 2.05) is 6.92 Å². The summed E-state index contributed by atoms with van der Waals surface area (Å²) in [5, 5.41) is 20.0. The Kier molecular flexibility index (Phi) is 7.25. The van der Waals surface area contributed by atoms with Crippen molar-refractivity contribution in [3.8, 4) is 0 Å². The summed E-state index contributed by atoms with van der Waals surface area (Å²) < 4.78 is 5.75. The zero-order valence-corrected chi connectivity index (χ0v) is 15.2. The van der Waals surface area contributed by atoms with Crippen LogP contribution in [0, 0.1) is 0 Å². The normalized spacial score (nSPS) is 34.4. The molecule has 2 aliphatic rings. The first kappa shape index (κ1) is 19.1. The molecule has 6 heteroatoms. The largest absolute Gasteiger partial charge is 0.392 e. The Bertz CT molecular complexity index is 346. The highest BCUT2D eigenvalue weighted by atomic mass is 16.5. The number of hydrogen-bond donors (Lipinski definition) is 2. The van der Waals surface area contributed by atoms with Crippen LogP contribution in [0.1, 0.15) is 27.7 Å². The van der Waals surface area contributed by atoms with Crippen molar-refractivity contribution in [3.05, 3.63) is 0 Å². The van der Waals surface area contributed by atoms with E-state index in [2.05, 4.69) is 35.5 Å². The highest BCUT2D eigenvalue weighted by molar-refractivity contribution is 4.83. The van der Waals surface area contributed by atoms with Gasteiger partial charge < -0.3 is 14.9 Å². The van der Waals surface area contributed by atoms with E-state index in [0.29, 0.717) is 6.04 Å². The Labute approximate surface area is 141 Å². The van der Waals surface area contributed by atoms with Crippen LogP contribution >= 0.6 is 0 Å². The molecule has 0 aliphatic carbocycles. The van der Waals surface area contributed by atoms with Gasteiger partial charge in [-0.25, -0.2) is 0 Å². The number of ether oxygens (including phenoxy) is 1. The maximum atomic E-state index is 10.4. The van der Waals surface area contributed by atoms with Crippen LogP contribution < -0.4 is 0 Å². The molecule has 0 aromatic heterocycles. The molecule has 136 valence electrons. The third-order valence-electron chi connectivity index (χ3n) is 4.78. The summed E-state index contributed by atoms with van der Waals surface area (Å²) in [6.07, 6.45) is -0.104. The van der Waals surface area contributed by atoms with Gasteiger partial charge in [-0.1, -0.05) is 0 Å². The molecule has 2 saturated heterocycles. The maximum Gasteiger partial charge on any atom is 0.0793 e. The SMILES string of the molecule is CC(O)CN1CCN(CC(O)CN2CC(C)OC(C)C2)CC1C. The van der Waals surface area contributed by atoms with Gasteiger partial charge in [0, 0.05) is 58.4 Å². The van der Waals surface area contributed by atoms with Gasteiger partial charge in [0.05, 0.1) is 24.4 Å². The topological polar surface area (TPSA) is 59.4 Å². The van der Waals surface area contributed by atoms with E-state index in [-0.39, 0.29) is 24.4 Å². The van der Waals surface area contributed by atoms with Crippen LogP contribution in [0.2, 0.25) is 0 Å². The third-order valence-corrected chi connectivity index (χ3v) is 4.78. The van der Waals surface area contributed by atoms with Crippen molar-refractivity contribution in [3.63, 3.8) is 0 Å². The summed E-state index contributed by atoms with van der Waals surface area (Å²) in [7, 11) is 0. The summed E-state index contributed by atoms with van der Waals surface area (Å²) in [6.45, 7) is 15.1. The van der Waals surface area contributed by atoms with Crippen molar-refractivity contribution in [1.82, 2.24) is 14.7 Å². The van der Waals surface area contributed by atoms with Crippen molar-refractivity contribution >= 4 is 0 Å². The monoisotopic (exact) mass is 329 g/mol. The molecule has 6 nitrogen and oxygen atoms in total. The number of hydrogen-bond acceptors (Lipinski definition) is 6. The highest BCUT2D eigenvalue weighted by Gasteiger charge is 2.28. The summed E-state index contributed by atoms with van der Waals surface area (Å²) in [6, 6.07) is 0.425. The molecular weight excluding hydrogens is 294 g/mol. The van der Waals surface area contributed by atoms with Gasteiger partial charge in [-0.3, -0.25) is 14.7 Å². The Morgan fingerprint density at radius 2 is 1.52 bits per heavy atom. The van der Waals surface area contributed by atoms with Crippen LogP contribution in [0.4, 0.5) is 0 Å². The molecule has 0 saturated carbocycles. The van der Waals surface area contributed by atoms with Gasteiger partial charge in [0.25, 0.3) is 0 Å². The van der Waals surface area contributed by atoms with Gasteiger partial charge in [0.2, 0.25) is 0 Å². The fraction of sp³-hybridized carbons (Fsp3) is 1.00. The lowest BCUT2D eigenvalue weighted by molar-refractivity contribution is -0.0790. The molecule has 0 amide bonds. The predicted octanol–water partition coefficient (Wildman–Crippen LogP) is -0.157. The van der Waals surface area contributed by atoms with Gasteiger partial charge >= 0.3 is 0 Å². The zero-order chi connectivity index (χ0) is 17.0.